The second-order valence-corrected chi connectivity index (χ2v) is 6.75. The molecule has 3 aromatic carbocycles. The molecule has 32 heavy (non-hydrogen) atoms. The SMILES string of the molecule is COc1cc([N+](=O)[O-])ccc1NC(=O)c1cc(Cl)ccc1OC(=O)c1ccc(C#N)cc1. The topological polar surface area (TPSA) is 132 Å². The Morgan fingerprint density at radius 2 is 1.78 bits per heavy atom. The van der Waals surface area contributed by atoms with E-state index in [9.17, 15) is 19.7 Å². The summed E-state index contributed by atoms with van der Waals surface area (Å²) in [6, 6.07) is 15.6. The van der Waals surface area contributed by atoms with Gasteiger partial charge in [-0.15, -0.1) is 0 Å². The molecule has 0 aromatic heterocycles. The third-order valence-corrected chi connectivity index (χ3v) is 4.52. The van der Waals surface area contributed by atoms with Crippen molar-refractivity contribution in [1.82, 2.24) is 0 Å². The number of nitrogens with one attached hydrogen (secondary N) is 1. The maximum atomic E-state index is 12.9. The average Bonchev–Trinajstić information content (AvgIpc) is 2.80. The first-order valence-electron chi connectivity index (χ1n) is 8.98. The monoisotopic (exact) mass is 451 g/mol. The minimum atomic E-state index is -0.737. The van der Waals surface area contributed by atoms with Gasteiger partial charge in [0, 0.05) is 11.1 Å². The van der Waals surface area contributed by atoms with E-state index in [1.165, 1.54) is 67.8 Å². The number of halogens is 1. The molecule has 0 atom stereocenters. The highest BCUT2D eigenvalue weighted by Gasteiger charge is 2.20. The van der Waals surface area contributed by atoms with Crippen LogP contribution < -0.4 is 14.8 Å². The van der Waals surface area contributed by atoms with Crippen molar-refractivity contribution in [3.05, 3.63) is 92.5 Å². The van der Waals surface area contributed by atoms with Gasteiger partial charge in [0.1, 0.15) is 11.5 Å². The van der Waals surface area contributed by atoms with Crippen LogP contribution in [0.2, 0.25) is 5.02 Å². The fraction of sp³-hybridized carbons (Fsp3) is 0.0455. The normalized spacial score (nSPS) is 10.0. The number of hydrogen-bond acceptors (Lipinski definition) is 7. The standard InChI is InChI=1S/C22H14ClN3O6/c1-31-20-11-16(26(29)30)7-8-18(20)25-21(27)17-10-15(23)6-9-19(17)32-22(28)14-4-2-13(12-24)3-5-14/h2-11H,1H3,(H,25,27). The fourth-order valence-electron chi connectivity index (χ4n) is 2.69. The zero-order valence-corrected chi connectivity index (χ0v) is 17.3. The zero-order chi connectivity index (χ0) is 23.3. The first-order chi connectivity index (χ1) is 15.3. The summed E-state index contributed by atoms with van der Waals surface area (Å²) in [7, 11) is 1.30. The van der Waals surface area contributed by atoms with Crippen LogP contribution in [0.15, 0.2) is 60.7 Å². The van der Waals surface area contributed by atoms with Crippen LogP contribution in [0.5, 0.6) is 11.5 Å². The van der Waals surface area contributed by atoms with E-state index >= 15 is 0 Å². The number of benzene rings is 3. The molecular weight excluding hydrogens is 438 g/mol. The Balaban J connectivity index is 1.87. The van der Waals surface area contributed by atoms with Gasteiger partial charge in [0.15, 0.2) is 0 Å². The Kier molecular flexibility index (Phi) is 6.68. The predicted octanol–water partition coefficient (Wildman–Crippen LogP) is 4.60. The molecule has 0 aliphatic carbocycles. The number of hydrogen-bond donors (Lipinski definition) is 1. The van der Waals surface area contributed by atoms with Crippen molar-refractivity contribution in [3.63, 3.8) is 0 Å². The van der Waals surface area contributed by atoms with Gasteiger partial charge in [-0.3, -0.25) is 14.9 Å². The summed E-state index contributed by atoms with van der Waals surface area (Å²) >= 11 is 6.01. The summed E-state index contributed by atoms with van der Waals surface area (Å²) in [5.74, 6) is -1.39. The lowest BCUT2D eigenvalue weighted by atomic mass is 10.1. The maximum absolute atomic E-state index is 12.9. The highest BCUT2D eigenvalue weighted by molar-refractivity contribution is 6.31. The first-order valence-corrected chi connectivity index (χ1v) is 9.36. The van der Waals surface area contributed by atoms with Crippen LogP contribution in [0.4, 0.5) is 11.4 Å². The molecule has 160 valence electrons. The predicted molar refractivity (Wildman–Crippen MR) is 115 cm³/mol. The Bertz CT molecular complexity index is 1250. The Morgan fingerprint density at radius 3 is 2.41 bits per heavy atom. The van der Waals surface area contributed by atoms with Crippen LogP contribution >= 0.6 is 11.6 Å². The third-order valence-electron chi connectivity index (χ3n) is 4.28. The summed E-state index contributed by atoms with van der Waals surface area (Å²) in [6.07, 6.45) is 0. The molecule has 1 N–H and O–H groups in total. The quantitative estimate of drug-likeness (QED) is 0.250. The molecule has 0 spiro atoms. The van der Waals surface area contributed by atoms with E-state index in [1.807, 2.05) is 6.07 Å². The molecule has 10 heteroatoms. The number of methoxy groups -OCH3 is 1. The van der Waals surface area contributed by atoms with Gasteiger partial charge in [0.25, 0.3) is 11.6 Å². The molecule has 0 radical (unpaired) electrons. The Morgan fingerprint density at radius 1 is 1.06 bits per heavy atom. The molecule has 3 aromatic rings. The lowest BCUT2D eigenvalue weighted by Crippen LogP contribution is -2.16. The van der Waals surface area contributed by atoms with Crippen LogP contribution in [0.3, 0.4) is 0 Å². The van der Waals surface area contributed by atoms with Crippen LogP contribution in [0, 0.1) is 21.4 Å². The van der Waals surface area contributed by atoms with E-state index in [-0.39, 0.29) is 39.0 Å². The Labute approximate surface area is 186 Å². The molecule has 9 nitrogen and oxygen atoms in total. The minimum absolute atomic E-state index is 0.0418. The lowest BCUT2D eigenvalue weighted by Gasteiger charge is -2.13. The van der Waals surface area contributed by atoms with Crippen molar-refractivity contribution in [1.29, 1.82) is 5.26 Å². The van der Waals surface area contributed by atoms with Crippen molar-refractivity contribution in [3.8, 4) is 17.6 Å². The number of anilines is 1. The van der Waals surface area contributed by atoms with Gasteiger partial charge in [-0.25, -0.2) is 4.79 Å². The van der Waals surface area contributed by atoms with Crippen LogP contribution in [0.25, 0.3) is 0 Å². The molecule has 0 saturated heterocycles. The zero-order valence-electron chi connectivity index (χ0n) is 16.5. The highest BCUT2D eigenvalue weighted by atomic mass is 35.5. The van der Waals surface area contributed by atoms with Gasteiger partial charge in [-0.1, -0.05) is 11.6 Å². The third kappa shape index (κ3) is 5.00. The summed E-state index contributed by atoms with van der Waals surface area (Å²) in [6.45, 7) is 0. The molecule has 1 amide bonds. The summed E-state index contributed by atoms with van der Waals surface area (Å²) < 4.78 is 10.5. The number of nitro benzene ring substituents is 1. The van der Waals surface area contributed by atoms with Crippen molar-refractivity contribution >= 4 is 34.9 Å². The van der Waals surface area contributed by atoms with Crippen molar-refractivity contribution in [2.24, 2.45) is 0 Å². The van der Waals surface area contributed by atoms with Gasteiger partial charge in [0.05, 0.1) is 46.5 Å². The van der Waals surface area contributed by atoms with Crippen LogP contribution in [-0.4, -0.2) is 23.9 Å². The van der Waals surface area contributed by atoms with E-state index in [0.717, 1.165) is 0 Å². The van der Waals surface area contributed by atoms with Crippen LogP contribution in [0.1, 0.15) is 26.3 Å². The molecule has 0 saturated carbocycles. The number of nitriles is 1. The summed E-state index contributed by atoms with van der Waals surface area (Å²) in [4.78, 5) is 35.7. The number of nitrogens with zero attached hydrogens (tertiary/aromatic N) is 2. The highest BCUT2D eigenvalue weighted by Crippen LogP contribution is 2.31. The van der Waals surface area contributed by atoms with E-state index in [4.69, 9.17) is 26.3 Å². The van der Waals surface area contributed by atoms with Gasteiger partial charge >= 0.3 is 5.97 Å². The molecule has 0 aliphatic rings. The molecule has 0 unspecified atom stereocenters. The van der Waals surface area contributed by atoms with E-state index < -0.39 is 16.8 Å². The number of amides is 1. The second kappa shape index (κ2) is 9.59. The van der Waals surface area contributed by atoms with Crippen molar-refractivity contribution in [2.75, 3.05) is 12.4 Å². The molecule has 0 fully saturated rings. The number of rotatable bonds is 6. The van der Waals surface area contributed by atoms with Crippen molar-refractivity contribution < 1.29 is 24.0 Å². The maximum Gasteiger partial charge on any atom is 0.343 e. The number of ether oxygens (including phenoxy) is 2. The number of carbonyl (C=O) groups is 2. The lowest BCUT2D eigenvalue weighted by molar-refractivity contribution is -0.384. The van der Waals surface area contributed by atoms with Gasteiger partial charge in [-0.2, -0.15) is 5.26 Å². The van der Waals surface area contributed by atoms with E-state index in [2.05, 4.69) is 5.32 Å². The first kappa shape index (κ1) is 22.3. The van der Waals surface area contributed by atoms with E-state index in [1.54, 1.807) is 0 Å². The smallest absolute Gasteiger partial charge is 0.343 e. The number of non-ortho nitro benzene ring substituents is 1. The number of nitro groups is 1. The number of esters is 1. The minimum Gasteiger partial charge on any atom is -0.494 e. The Hall–Kier alpha value is -4.42. The fourth-order valence-corrected chi connectivity index (χ4v) is 2.87. The molecule has 0 heterocycles. The van der Waals surface area contributed by atoms with Gasteiger partial charge < -0.3 is 14.8 Å². The summed E-state index contributed by atoms with van der Waals surface area (Å²) in [5, 5.41) is 22.6. The molecular formula is C22H14ClN3O6. The van der Waals surface area contributed by atoms with Gasteiger partial charge in [-0.05, 0) is 48.5 Å². The molecule has 0 aliphatic heterocycles. The molecule has 3 rings (SSSR count). The average molecular weight is 452 g/mol. The second-order valence-electron chi connectivity index (χ2n) is 6.31. The molecule has 0 bridgehead atoms. The van der Waals surface area contributed by atoms with Gasteiger partial charge in [0.2, 0.25) is 0 Å². The largest absolute Gasteiger partial charge is 0.494 e. The number of carbonyl (C=O) groups excluding carboxylic acids is 2. The summed E-state index contributed by atoms with van der Waals surface area (Å²) in [5.41, 5.74) is 0.486. The van der Waals surface area contributed by atoms with Crippen LogP contribution in [-0.2, 0) is 0 Å². The van der Waals surface area contributed by atoms with E-state index in [0.29, 0.717) is 5.56 Å². The van der Waals surface area contributed by atoms with Crippen molar-refractivity contribution in [2.45, 2.75) is 0 Å².